The summed E-state index contributed by atoms with van der Waals surface area (Å²) in [6.45, 7) is 6.66. The van der Waals surface area contributed by atoms with Crippen molar-refractivity contribution in [3.8, 4) is 22.3 Å². The van der Waals surface area contributed by atoms with Gasteiger partial charge in [0.25, 0.3) is 0 Å². The Morgan fingerprint density at radius 1 is 0.622 bits per heavy atom. The number of amides is 2. The van der Waals surface area contributed by atoms with E-state index in [9.17, 15) is 9.59 Å². The lowest BCUT2D eigenvalue weighted by atomic mass is 9.70. The minimum absolute atomic E-state index is 0.00408. The van der Waals surface area contributed by atoms with Crippen molar-refractivity contribution in [2.24, 2.45) is 0 Å². The molecule has 0 saturated heterocycles. The summed E-state index contributed by atoms with van der Waals surface area (Å²) in [6, 6.07) is 21.6. The monoisotopic (exact) mass is 600 g/mol. The van der Waals surface area contributed by atoms with Crippen molar-refractivity contribution in [3.05, 3.63) is 83.4 Å². The number of fused-ring (bicyclic) bond motifs is 4. The smallest absolute Gasteiger partial charge is 0.224 e. The highest BCUT2D eigenvalue weighted by Crippen LogP contribution is 2.51. The molecule has 0 unspecified atom stereocenters. The fourth-order valence-corrected chi connectivity index (χ4v) is 9.45. The molecule has 0 bridgehead atoms. The number of nitrogens with zero attached hydrogens (tertiary/aromatic N) is 2. The van der Waals surface area contributed by atoms with Crippen molar-refractivity contribution >= 4 is 23.2 Å². The van der Waals surface area contributed by atoms with Crippen molar-refractivity contribution in [2.75, 3.05) is 10.6 Å². The third-order valence-corrected chi connectivity index (χ3v) is 11.8. The molecule has 0 spiro atoms. The molecule has 232 valence electrons. The van der Waals surface area contributed by atoms with Crippen molar-refractivity contribution in [1.82, 2.24) is 9.13 Å². The van der Waals surface area contributed by atoms with Crippen LogP contribution in [0, 0.1) is 0 Å². The molecule has 45 heavy (non-hydrogen) atoms. The highest BCUT2D eigenvalue weighted by atomic mass is 16.2. The predicted octanol–water partition coefficient (Wildman–Crippen LogP) is 8.56. The first kappa shape index (κ1) is 28.4. The summed E-state index contributed by atoms with van der Waals surface area (Å²) in [5.74, 6) is 0.239. The van der Waals surface area contributed by atoms with Crippen LogP contribution in [-0.4, -0.2) is 20.9 Å². The third-order valence-electron chi connectivity index (χ3n) is 11.8. The van der Waals surface area contributed by atoms with Crippen LogP contribution in [0.3, 0.4) is 0 Å². The van der Waals surface area contributed by atoms with Crippen molar-refractivity contribution < 1.29 is 9.59 Å². The molecule has 2 N–H and O–H groups in total. The summed E-state index contributed by atoms with van der Waals surface area (Å²) in [4.78, 5) is 26.1. The van der Waals surface area contributed by atoms with Crippen molar-refractivity contribution in [2.45, 2.75) is 108 Å². The number of benzene rings is 2. The van der Waals surface area contributed by atoms with E-state index in [1.165, 1.54) is 33.9 Å². The minimum atomic E-state index is -0.00408. The zero-order valence-corrected chi connectivity index (χ0v) is 26.7. The van der Waals surface area contributed by atoms with Crippen LogP contribution in [0.2, 0.25) is 0 Å². The van der Waals surface area contributed by atoms with Gasteiger partial charge in [0.1, 0.15) is 0 Å². The van der Waals surface area contributed by atoms with Gasteiger partial charge in [-0.05, 0) is 75.6 Å². The molecule has 0 saturated carbocycles. The van der Waals surface area contributed by atoms with E-state index in [0.717, 1.165) is 93.4 Å². The quantitative estimate of drug-likeness (QED) is 0.246. The van der Waals surface area contributed by atoms with Gasteiger partial charge in [-0.25, -0.2) is 0 Å². The van der Waals surface area contributed by atoms with Gasteiger partial charge in [0, 0.05) is 99.6 Å². The van der Waals surface area contributed by atoms with Crippen molar-refractivity contribution in [3.63, 3.8) is 0 Å². The standard InChI is InChI=1S/C39H44N4O2/c1-3-38-17-9-21-42-26(24-30(36(38)42)28-11-5-7-13-32(28)40-34(44)15-19-38)23-27-25-31-29-12-6-8-14-33(29)41-35(45)16-20-39(4-2)18-10-22-43(27)37(31)39/h5-8,11-14,24-25H,3-4,9-10,15-23H2,1-2H3,(H,40,44)(H,41,45)/t38-,39-/m1/s1. The van der Waals surface area contributed by atoms with Crippen LogP contribution in [0.4, 0.5) is 11.4 Å². The minimum Gasteiger partial charge on any atom is -0.347 e. The Morgan fingerprint density at radius 2 is 1.07 bits per heavy atom. The number of rotatable bonds is 4. The number of carbonyl (C=O) groups excluding carboxylic acids is 2. The average molecular weight is 601 g/mol. The van der Waals surface area contributed by atoms with Crippen LogP contribution in [-0.2, 0) is 39.9 Å². The lowest BCUT2D eigenvalue weighted by molar-refractivity contribution is -0.117. The zero-order valence-electron chi connectivity index (χ0n) is 26.7. The Labute approximate surface area is 266 Å². The zero-order chi connectivity index (χ0) is 30.8. The van der Waals surface area contributed by atoms with E-state index in [0.29, 0.717) is 12.8 Å². The Bertz CT molecular complexity index is 1700. The van der Waals surface area contributed by atoms with Crippen LogP contribution in [0.25, 0.3) is 22.3 Å². The number of nitrogens with one attached hydrogen (secondary N) is 2. The Balaban J connectivity index is 1.33. The van der Waals surface area contributed by atoms with Crippen LogP contribution >= 0.6 is 0 Å². The first-order valence-electron chi connectivity index (χ1n) is 17.2. The molecule has 2 aromatic carbocycles. The fraction of sp³-hybridized carbons (Fsp3) is 0.436. The number of para-hydroxylation sites is 2. The van der Waals surface area contributed by atoms with Gasteiger partial charge >= 0.3 is 0 Å². The van der Waals surface area contributed by atoms with Crippen LogP contribution in [0.1, 0.15) is 101 Å². The molecule has 8 rings (SSSR count). The number of carbonyl (C=O) groups is 2. The molecule has 0 aliphatic carbocycles. The maximum absolute atomic E-state index is 13.0. The second-order valence-corrected chi connectivity index (χ2v) is 13.9. The van der Waals surface area contributed by atoms with E-state index in [-0.39, 0.29) is 22.6 Å². The second kappa shape index (κ2) is 10.8. The Morgan fingerprint density at radius 3 is 1.51 bits per heavy atom. The van der Waals surface area contributed by atoms with Crippen LogP contribution < -0.4 is 10.6 Å². The van der Waals surface area contributed by atoms with E-state index in [1.807, 2.05) is 12.1 Å². The largest absolute Gasteiger partial charge is 0.347 e. The average Bonchev–Trinajstić information content (AvgIpc) is 3.64. The normalized spacial score (nSPS) is 23.8. The number of hydrogen-bond donors (Lipinski definition) is 2. The van der Waals surface area contributed by atoms with Gasteiger partial charge in [-0.1, -0.05) is 50.2 Å². The van der Waals surface area contributed by atoms with E-state index < -0.39 is 0 Å². The molecule has 2 atom stereocenters. The first-order valence-corrected chi connectivity index (χ1v) is 17.2. The van der Waals surface area contributed by atoms with E-state index in [2.05, 4.69) is 82.1 Å². The highest BCUT2D eigenvalue weighted by molar-refractivity contribution is 5.97. The van der Waals surface area contributed by atoms with Crippen LogP contribution in [0.5, 0.6) is 0 Å². The molecule has 4 aromatic rings. The summed E-state index contributed by atoms with van der Waals surface area (Å²) >= 11 is 0. The number of hydrogen-bond acceptors (Lipinski definition) is 2. The van der Waals surface area contributed by atoms with Gasteiger partial charge in [-0.15, -0.1) is 0 Å². The summed E-state index contributed by atoms with van der Waals surface area (Å²) in [7, 11) is 0. The van der Waals surface area contributed by atoms with E-state index >= 15 is 0 Å². The lowest BCUT2D eigenvalue weighted by Gasteiger charge is -2.40. The maximum Gasteiger partial charge on any atom is 0.224 e. The topological polar surface area (TPSA) is 68.1 Å². The second-order valence-electron chi connectivity index (χ2n) is 13.9. The van der Waals surface area contributed by atoms with Gasteiger partial charge in [0.15, 0.2) is 0 Å². The Kier molecular flexibility index (Phi) is 6.81. The third kappa shape index (κ3) is 4.43. The summed E-state index contributed by atoms with van der Waals surface area (Å²) in [5.41, 5.74) is 12.3. The molecule has 4 aliphatic heterocycles. The van der Waals surface area contributed by atoms with Crippen molar-refractivity contribution in [1.29, 1.82) is 0 Å². The maximum atomic E-state index is 13.0. The molecule has 2 aromatic heterocycles. The molecule has 2 amide bonds. The van der Waals surface area contributed by atoms with Gasteiger partial charge in [-0.3, -0.25) is 9.59 Å². The van der Waals surface area contributed by atoms with Gasteiger partial charge in [-0.2, -0.15) is 0 Å². The molecule has 4 aliphatic rings. The number of aromatic nitrogens is 2. The molecule has 0 fully saturated rings. The molecule has 0 radical (unpaired) electrons. The molecule has 6 nitrogen and oxygen atoms in total. The first-order chi connectivity index (χ1) is 21.9. The molecule has 6 heteroatoms. The predicted molar refractivity (Wildman–Crippen MR) is 181 cm³/mol. The SMILES string of the molecule is CC[C@]12CCCn3c(Cc4cc5c6n4CCC[C@]6(CC)CCC(=O)Nc4ccccc4-5)cc(c31)-c1ccccc1NC(=O)CC2. The highest BCUT2D eigenvalue weighted by Gasteiger charge is 2.43. The van der Waals surface area contributed by atoms with E-state index in [4.69, 9.17) is 0 Å². The van der Waals surface area contributed by atoms with Gasteiger partial charge in [0.2, 0.25) is 11.8 Å². The molecule has 6 heterocycles. The van der Waals surface area contributed by atoms with Crippen LogP contribution in [0.15, 0.2) is 60.7 Å². The summed E-state index contributed by atoms with van der Waals surface area (Å²) < 4.78 is 5.28. The number of anilines is 2. The fourth-order valence-electron chi connectivity index (χ4n) is 9.45. The lowest BCUT2D eigenvalue weighted by Crippen LogP contribution is -2.35. The summed E-state index contributed by atoms with van der Waals surface area (Å²) in [6.07, 6.45) is 10.3. The molecular weight excluding hydrogens is 556 g/mol. The van der Waals surface area contributed by atoms with Gasteiger partial charge < -0.3 is 19.8 Å². The van der Waals surface area contributed by atoms with E-state index in [1.54, 1.807) is 0 Å². The molecular formula is C39H44N4O2. The Hall–Kier alpha value is -4.06. The van der Waals surface area contributed by atoms with Gasteiger partial charge in [0.05, 0.1) is 0 Å². The summed E-state index contributed by atoms with van der Waals surface area (Å²) in [5, 5.41) is 6.50.